The zero-order valence-electron chi connectivity index (χ0n) is 11.3. The van der Waals surface area contributed by atoms with Gasteiger partial charge in [0.15, 0.2) is 5.82 Å². The topological polar surface area (TPSA) is 17.8 Å². The quantitative estimate of drug-likeness (QED) is 0.549. The second kappa shape index (κ2) is 7.27. The van der Waals surface area contributed by atoms with Crippen LogP contribution in [-0.2, 0) is 12.4 Å². The molecule has 6 heteroatoms. The molecular weight excluding hydrogens is 302 g/mol. The Morgan fingerprint density at radius 3 is 2.75 bits per heavy atom. The molecule has 0 unspecified atom stereocenters. The minimum absolute atomic E-state index is 0.195. The number of aryl methyl sites for hydroxylation is 1. The van der Waals surface area contributed by atoms with Crippen LogP contribution in [0.15, 0.2) is 12.1 Å². The van der Waals surface area contributed by atoms with E-state index in [-0.39, 0.29) is 11.4 Å². The molecule has 2 nitrogen and oxygen atoms in total. The number of halogens is 3. The van der Waals surface area contributed by atoms with Gasteiger partial charge in [0.1, 0.15) is 17.2 Å². The highest BCUT2D eigenvalue weighted by molar-refractivity contribution is 7.98. The molecule has 1 heterocycles. The number of hydrogen-bond donors (Lipinski definition) is 0. The van der Waals surface area contributed by atoms with Crippen molar-refractivity contribution in [3.8, 4) is 0 Å². The van der Waals surface area contributed by atoms with Crippen molar-refractivity contribution >= 4 is 34.4 Å². The van der Waals surface area contributed by atoms with E-state index in [4.69, 9.17) is 11.6 Å². The highest BCUT2D eigenvalue weighted by Gasteiger charge is 2.14. The lowest BCUT2D eigenvalue weighted by molar-refractivity contribution is 0.585. The molecule has 0 N–H and O–H groups in total. The van der Waals surface area contributed by atoms with Crippen molar-refractivity contribution in [2.45, 2.75) is 31.7 Å². The molecule has 2 rings (SSSR count). The molecule has 0 saturated heterocycles. The maximum atomic E-state index is 13.7. The summed E-state index contributed by atoms with van der Waals surface area (Å²) in [7, 11) is 0. The van der Waals surface area contributed by atoms with Gasteiger partial charge < -0.3 is 4.57 Å². The number of rotatable bonds is 7. The lowest BCUT2D eigenvalue weighted by atomic mass is 10.2. The average Bonchev–Trinajstić information content (AvgIpc) is 2.77. The number of hydrogen-bond acceptors (Lipinski definition) is 2. The summed E-state index contributed by atoms with van der Waals surface area (Å²) in [6, 6.07) is 2.18. The Morgan fingerprint density at radius 1 is 1.25 bits per heavy atom. The van der Waals surface area contributed by atoms with E-state index >= 15 is 0 Å². The van der Waals surface area contributed by atoms with E-state index in [1.54, 1.807) is 0 Å². The van der Waals surface area contributed by atoms with Gasteiger partial charge in [-0.3, -0.25) is 0 Å². The van der Waals surface area contributed by atoms with Gasteiger partial charge in [-0.1, -0.05) is 6.42 Å². The van der Waals surface area contributed by atoms with Crippen LogP contribution in [0.1, 0.15) is 25.1 Å². The number of imidazole rings is 1. The fourth-order valence-corrected chi connectivity index (χ4v) is 2.94. The maximum Gasteiger partial charge on any atom is 0.153 e. The number of unbranched alkanes of at least 4 members (excludes halogenated alkanes) is 2. The van der Waals surface area contributed by atoms with Crippen LogP contribution in [0.3, 0.4) is 0 Å². The lowest BCUT2D eigenvalue weighted by Gasteiger charge is -2.07. The third-order valence-corrected chi connectivity index (χ3v) is 4.14. The van der Waals surface area contributed by atoms with E-state index in [0.29, 0.717) is 17.9 Å². The van der Waals surface area contributed by atoms with Gasteiger partial charge in [-0.15, -0.1) is 11.6 Å². The van der Waals surface area contributed by atoms with Crippen molar-refractivity contribution < 1.29 is 8.78 Å². The predicted octanol–water partition coefficient (Wildman–Crippen LogP) is 4.59. The number of aromatic nitrogens is 2. The van der Waals surface area contributed by atoms with Crippen LogP contribution < -0.4 is 0 Å². The Balaban J connectivity index is 2.21. The molecule has 0 aliphatic heterocycles. The first-order valence-corrected chi connectivity index (χ1v) is 8.49. The second-order valence-electron chi connectivity index (χ2n) is 4.62. The van der Waals surface area contributed by atoms with Crippen LogP contribution in [0.4, 0.5) is 8.78 Å². The maximum absolute atomic E-state index is 13.7. The Kier molecular flexibility index (Phi) is 5.66. The largest absolute Gasteiger partial charge is 0.327 e. The molecule has 0 aliphatic rings. The van der Waals surface area contributed by atoms with E-state index in [9.17, 15) is 8.78 Å². The van der Waals surface area contributed by atoms with Crippen molar-refractivity contribution in [1.82, 2.24) is 9.55 Å². The Morgan fingerprint density at radius 2 is 2.05 bits per heavy atom. The highest BCUT2D eigenvalue weighted by atomic mass is 35.5. The minimum Gasteiger partial charge on any atom is -0.327 e. The molecular formula is C14H17ClF2N2S. The average molecular weight is 319 g/mol. The summed E-state index contributed by atoms with van der Waals surface area (Å²) >= 11 is 7.68. The summed E-state index contributed by atoms with van der Waals surface area (Å²) in [5, 5.41) is 0. The zero-order chi connectivity index (χ0) is 14.5. The van der Waals surface area contributed by atoms with Crippen LogP contribution in [0.5, 0.6) is 0 Å². The second-order valence-corrected chi connectivity index (χ2v) is 5.87. The van der Waals surface area contributed by atoms with E-state index in [0.717, 1.165) is 31.1 Å². The smallest absolute Gasteiger partial charge is 0.153 e. The fourth-order valence-electron chi connectivity index (χ4n) is 2.24. The normalized spacial score (nSPS) is 11.4. The third-order valence-electron chi connectivity index (χ3n) is 3.20. The molecule has 2 aromatic rings. The number of nitrogens with zero attached hydrogens (tertiary/aromatic N) is 2. The monoisotopic (exact) mass is 318 g/mol. The van der Waals surface area contributed by atoms with Gasteiger partial charge in [-0.05, 0) is 30.9 Å². The summed E-state index contributed by atoms with van der Waals surface area (Å²) in [4.78, 5) is 4.17. The van der Waals surface area contributed by atoms with Crippen LogP contribution in [0.25, 0.3) is 11.0 Å². The molecule has 0 amide bonds. The summed E-state index contributed by atoms with van der Waals surface area (Å²) < 4.78 is 28.9. The molecule has 0 atom stereocenters. The SMILES string of the molecule is CSCCCCCn1c(CCl)nc2c(F)cc(F)cc21. The minimum atomic E-state index is -0.632. The van der Waals surface area contributed by atoms with Crippen molar-refractivity contribution in [3.63, 3.8) is 0 Å². The Labute approximate surface area is 126 Å². The van der Waals surface area contributed by atoms with Gasteiger partial charge in [-0.2, -0.15) is 11.8 Å². The molecule has 0 spiro atoms. The standard InChI is InChI=1S/C14H17ClF2N2S/c1-20-6-4-2-3-5-19-12-8-10(16)7-11(17)14(12)18-13(19)9-15/h7-8H,2-6,9H2,1H3. The molecule has 1 aromatic carbocycles. The van der Waals surface area contributed by atoms with Gasteiger partial charge in [0, 0.05) is 12.6 Å². The van der Waals surface area contributed by atoms with Gasteiger partial charge in [0.05, 0.1) is 11.4 Å². The Hall–Kier alpha value is -0.810. The summed E-state index contributed by atoms with van der Waals surface area (Å²) in [5.41, 5.74) is 0.689. The van der Waals surface area contributed by atoms with Gasteiger partial charge in [-0.25, -0.2) is 13.8 Å². The Bertz CT molecular complexity index is 586. The highest BCUT2D eigenvalue weighted by Crippen LogP contribution is 2.22. The molecule has 0 aliphatic carbocycles. The predicted molar refractivity (Wildman–Crippen MR) is 81.4 cm³/mol. The van der Waals surface area contributed by atoms with E-state index < -0.39 is 11.6 Å². The first-order valence-electron chi connectivity index (χ1n) is 6.56. The van der Waals surface area contributed by atoms with Gasteiger partial charge in [0.25, 0.3) is 0 Å². The third kappa shape index (κ3) is 3.44. The van der Waals surface area contributed by atoms with E-state index in [1.165, 1.54) is 6.07 Å². The number of benzene rings is 1. The van der Waals surface area contributed by atoms with Crippen molar-refractivity contribution in [3.05, 3.63) is 29.6 Å². The van der Waals surface area contributed by atoms with E-state index in [2.05, 4.69) is 11.2 Å². The van der Waals surface area contributed by atoms with Crippen LogP contribution in [-0.4, -0.2) is 21.6 Å². The van der Waals surface area contributed by atoms with Crippen molar-refractivity contribution in [2.24, 2.45) is 0 Å². The summed E-state index contributed by atoms with van der Waals surface area (Å²) in [6.07, 6.45) is 5.27. The lowest BCUT2D eigenvalue weighted by Crippen LogP contribution is -2.03. The molecule has 0 radical (unpaired) electrons. The fraction of sp³-hybridized carbons (Fsp3) is 0.500. The van der Waals surface area contributed by atoms with Gasteiger partial charge in [0.2, 0.25) is 0 Å². The molecule has 1 aromatic heterocycles. The first-order chi connectivity index (χ1) is 9.67. The molecule has 0 fully saturated rings. The first kappa shape index (κ1) is 15.6. The molecule has 20 heavy (non-hydrogen) atoms. The summed E-state index contributed by atoms with van der Waals surface area (Å²) in [6.45, 7) is 0.690. The summed E-state index contributed by atoms with van der Waals surface area (Å²) in [5.74, 6) is 0.708. The van der Waals surface area contributed by atoms with E-state index in [1.807, 2.05) is 16.3 Å². The number of fused-ring (bicyclic) bond motifs is 1. The van der Waals surface area contributed by atoms with Crippen LogP contribution in [0, 0.1) is 11.6 Å². The van der Waals surface area contributed by atoms with Crippen LogP contribution >= 0.6 is 23.4 Å². The van der Waals surface area contributed by atoms with Crippen LogP contribution in [0.2, 0.25) is 0 Å². The zero-order valence-corrected chi connectivity index (χ0v) is 12.9. The molecule has 110 valence electrons. The van der Waals surface area contributed by atoms with Crippen molar-refractivity contribution in [1.29, 1.82) is 0 Å². The van der Waals surface area contributed by atoms with Gasteiger partial charge >= 0.3 is 0 Å². The number of alkyl halides is 1. The molecule has 0 saturated carbocycles. The number of thioether (sulfide) groups is 1. The van der Waals surface area contributed by atoms with Crippen molar-refractivity contribution in [2.75, 3.05) is 12.0 Å². The molecule has 0 bridgehead atoms.